The van der Waals surface area contributed by atoms with Gasteiger partial charge in [0.2, 0.25) is 5.91 Å². The van der Waals surface area contributed by atoms with Crippen molar-refractivity contribution in [3.8, 4) is 5.75 Å². The minimum absolute atomic E-state index is 0.0251. The van der Waals surface area contributed by atoms with Gasteiger partial charge < -0.3 is 9.08 Å². The molecule has 0 saturated carbocycles. The van der Waals surface area contributed by atoms with Crippen molar-refractivity contribution in [2.75, 3.05) is 0 Å². The number of carbonyl (C=O) groups is 1. The first-order valence-corrected chi connectivity index (χ1v) is 8.94. The normalized spacial score (nSPS) is 13.0. The molecular weight excluding hydrogens is 302 g/mol. The Labute approximate surface area is 133 Å². The highest BCUT2D eigenvalue weighted by Gasteiger charge is 2.18. The van der Waals surface area contributed by atoms with Gasteiger partial charge in [-0.25, -0.2) is 0 Å². The van der Waals surface area contributed by atoms with Crippen LogP contribution in [0.3, 0.4) is 0 Å². The minimum Gasteiger partial charge on any atom is -0.382 e. The quantitative estimate of drug-likeness (QED) is 0.722. The lowest BCUT2D eigenvalue weighted by molar-refractivity contribution is -0.131. The third-order valence-electron chi connectivity index (χ3n) is 3.59. The van der Waals surface area contributed by atoms with Crippen LogP contribution in [0.4, 0.5) is 0 Å². The van der Waals surface area contributed by atoms with Crippen molar-refractivity contribution in [1.82, 2.24) is 4.90 Å². The van der Waals surface area contributed by atoms with Crippen LogP contribution < -0.4 is 4.18 Å². The predicted octanol–water partition coefficient (Wildman–Crippen LogP) is 2.95. The lowest BCUT2D eigenvalue weighted by Crippen LogP contribution is -2.36. The second-order valence-corrected chi connectivity index (χ2v) is 7.77. The molecule has 5 nitrogen and oxygen atoms in total. The summed E-state index contributed by atoms with van der Waals surface area (Å²) >= 11 is 0. The highest BCUT2D eigenvalue weighted by atomic mass is 32.2. The summed E-state index contributed by atoms with van der Waals surface area (Å²) in [7, 11) is -3.58. The Morgan fingerprint density at radius 2 is 1.73 bits per heavy atom. The fourth-order valence-electron chi connectivity index (χ4n) is 1.88. The van der Waals surface area contributed by atoms with E-state index in [9.17, 15) is 13.2 Å². The van der Waals surface area contributed by atoms with E-state index < -0.39 is 15.4 Å². The topological polar surface area (TPSA) is 63.7 Å². The Morgan fingerprint density at radius 3 is 2.14 bits per heavy atom. The first kappa shape index (κ1) is 18.5. The Morgan fingerprint density at radius 1 is 1.18 bits per heavy atom. The van der Waals surface area contributed by atoms with E-state index in [1.807, 2.05) is 13.8 Å². The molecule has 22 heavy (non-hydrogen) atoms. The van der Waals surface area contributed by atoms with Gasteiger partial charge in [0.1, 0.15) is 5.75 Å². The highest BCUT2D eigenvalue weighted by Crippen LogP contribution is 2.18. The summed E-state index contributed by atoms with van der Waals surface area (Å²) < 4.78 is 28.4. The smallest absolute Gasteiger partial charge is 0.311 e. The van der Waals surface area contributed by atoms with Gasteiger partial charge in [-0.1, -0.05) is 19.1 Å². The van der Waals surface area contributed by atoms with Crippen molar-refractivity contribution in [2.45, 2.75) is 58.9 Å². The molecule has 1 amide bonds. The summed E-state index contributed by atoms with van der Waals surface area (Å²) in [5, 5.41) is -0.592. The minimum atomic E-state index is -3.58. The van der Waals surface area contributed by atoms with Gasteiger partial charge in [0.15, 0.2) is 0 Å². The van der Waals surface area contributed by atoms with Gasteiger partial charge in [0.05, 0.1) is 5.25 Å². The van der Waals surface area contributed by atoms with E-state index >= 15 is 0 Å². The Balaban J connectivity index is 2.82. The first-order chi connectivity index (χ1) is 10.2. The van der Waals surface area contributed by atoms with Crippen molar-refractivity contribution < 1.29 is 17.4 Å². The summed E-state index contributed by atoms with van der Waals surface area (Å²) in [6, 6.07) is 6.95. The SMILES string of the molecule is CC[C@H](C)N(Cc1ccc(OS(=O)(=O)C(C)C)cc1)C(C)=O. The molecule has 1 atom stereocenters. The number of nitrogens with zero attached hydrogens (tertiary/aromatic N) is 1. The van der Waals surface area contributed by atoms with E-state index in [1.165, 1.54) is 0 Å². The van der Waals surface area contributed by atoms with Gasteiger partial charge in [0.25, 0.3) is 0 Å². The second-order valence-electron chi connectivity index (χ2n) is 5.67. The van der Waals surface area contributed by atoms with Crippen molar-refractivity contribution in [3.05, 3.63) is 29.8 Å². The zero-order valence-corrected chi connectivity index (χ0v) is 14.7. The van der Waals surface area contributed by atoms with Crippen LogP contribution in [0, 0.1) is 0 Å². The second kappa shape index (κ2) is 7.63. The lowest BCUT2D eigenvalue weighted by atomic mass is 10.1. The van der Waals surface area contributed by atoms with E-state index in [-0.39, 0.29) is 17.7 Å². The van der Waals surface area contributed by atoms with Crippen LogP contribution in [0.15, 0.2) is 24.3 Å². The van der Waals surface area contributed by atoms with Gasteiger partial charge in [-0.15, -0.1) is 0 Å². The predicted molar refractivity (Wildman–Crippen MR) is 87.1 cm³/mol. The van der Waals surface area contributed by atoms with Gasteiger partial charge in [0, 0.05) is 19.5 Å². The Bertz CT molecular complexity index is 593. The Kier molecular flexibility index (Phi) is 6.41. The highest BCUT2D eigenvalue weighted by molar-refractivity contribution is 7.87. The van der Waals surface area contributed by atoms with Gasteiger partial charge in [-0.3, -0.25) is 4.79 Å². The van der Waals surface area contributed by atoms with E-state index in [1.54, 1.807) is 49.9 Å². The molecule has 0 unspecified atom stereocenters. The average Bonchev–Trinajstić information content (AvgIpc) is 2.44. The monoisotopic (exact) mass is 327 g/mol. The van der Waals surface area contributed by atoms with Crippen LogP contribution in [0.5, 0.6) is 5.75 Å². The molecule has 0 aliphatic rings. The molecule has 0 bridgehead atoms. The molecule has 0 aliphatic heterocycles. The maximum atomic E-state index is 11.7. The zero-order valence-electron chi connectivity index (χ0n) is 13.9. The van der Waals surface area contributed by atoms with E-state index in [4.69, 9.17) is 4.18 Å². The van der Waals surface area contributed by atoms with Crippen LogP contribution in [0.1, 0.15) is 46.6 Å². The maximum Gasteiger partial charge on any atom is 0.311 e. The van der Waals surface area contributed by atoms with Crippen molar-refractivity contribution in [1.29, 1.82) is 0 Å². The van der Waals surface area contributed by atoms with Gasteiger partial charge in [-0.2, -0.15) is 8.42 Å². The number of amides is 1. The molecule has 6 heteroatoms. The molecule has 124 valence electrons. The van der Waals surface area contributed by atoms with Crippen molar-refractivity contribution >= 4 is 16.0 Å². The molecule has 0 aliphatic carbocycles. The number of carbonyl (C=O) groups excluding carboxylic acids is 1. The average molecular weight is 327 g/mol. The Hall–Kier alpha value is -1.56. The first-order valence-electron chi connectivity index (χ1n) is 7.46. The molecule has 0 aromatic heterocycles. The molecule has 0 radical (unpaired) electrons. The molecule has 0 N–H and O–H groups in total. The summed E-state index contributed by atoms with van der Waals surface area (Å²) in [5.41, 5.74) is 0.935. The molecule has 0 saturated heterocycles. The number of hydrogen-bond acceptors (Lipinski definition) is 4. The summed E-state index contributed by atoms with van der Waals surface area (Å²) in [6.45, 7) is 9.24. The third kappa shape index (κ3) is 5.02. The molecule has 1 rings (SSSR count). The van der Waals surface area contributed by atoms with Crippen LogP contribution in [0.25, 0.3) is 0 Å². The molecule has 0 fully saturated rings. The molecule has 0 heterocycles. The molecule has 1 aromatic carbocycles. The molecule has 1 aromatic rings. The molecule has 0 spiro atoms. The van der Waals surface area contributed by atoms with E-state index in [0.717, 1.165) is 12.0 Å². The van der Waals surface area contributed by atoms with E-state index in [0.29, 0.717) is 6.54 Å². The van der Waals surface area contributed by atoms with Crippen LogP contribution >= 0.6 is 0 Å². The fourth-order valence-corrected chi connectivity index (χ4v) is 2.45. The largest absolute Gasteiger partial charge is 0.382 e. The fraction of sp³-hybridized carbons (Fsp3) is 0.562. The van der Waals surface area contributed by atoms with Crippen molar-refractivity contribution in [2.24, 2.45) is 0 Å². The van der Waals surface area contributed by atoms with Crippen LogP contribution in [-0.4, -0.2) is 30.5 Å². The maximum absolute atomic E-state index is 11.7. The van der Waals surface area contributed by atoms with Gasteiger partial charge in [-0.05, 0) is 44.9 Å². The number of rotatable bonds is 7. The zero-order chi connectivity index (χ0) is 16.9. The third-order valence-corrected chi connectivity index (χ3v) is 5.17. The van der Waals surface area contributed by atoms with Crippen molar-refractivity contribution in [3.63, 3.8) is 0 Å². The standard InChI is InChI=1S/C16H25NO4S/c1-6-13(4)17(14(5)18)11-15-7-9-16(10-8-15)21-22(19,20)12(2)3/h7-10,12-13H,6,11H2,1-5H3/t13-/m0/s1. The summed E-state index contributed by atoms with van der Waals surface area (Å²) in [5.74, 6) is 0.312. The molecular formula is C16H25NO4S. The number of hydrogen-bond donors (Lipinski definition) is 0. The number of benzene rings is 1. The van der Waals surface area contributed by atoms with E-state index in [2.05, 4.69) is 0 Å². The van der Waals surface area contributed by atoms with Crippen LogP contribution in [-0.2, 0) is 21.5 Å². The summed E-state index contributed by atoms with van der Waals surface area (Å²) in [4.78, 5) is 13.5. The summed E-state index contributed by atoms with van der Waals surface area (Å²) in [6.07, 6.45) is 0.882. The lowest BCUT2D eigenvalue weighted by Gasteiger charge is -2.27. The van der Waals surface area contributed by atoms with Crippen LogP contribution in [0.2, 0.25) is 0 Å². The van der Waals surface area contributed by atoms with Gasteiger partial charge >= 0.3 is 10.1 Å².